The van der Waals surface area contributed by atoms with Gasteiger partial charge in [-0.1, -0.05) is 13.8 Å². The van der Waals surface area contributed by atoms with Gasteiger partial charge in [-0.2, -0.15) is 5.10 Å². The molecule has 0 saturated carbocycles. The minimum atomic E-state index is 0.00278. The maximum atomic E-state index is 11.5. The van der Waals surface area contributed by atoms with E-state index in [-0.39, 0.29) is 11.8 Å². The first-order chi connectivity index (χ1) is 5.54. The SMILES string of the molecule is Cc1cnn(C(=O)C(C)C)c1C. The lowest BCUT2D eigenvalue weighted by Crippen LogP contribution is -2.19. The Kier molecular flexibility index (Phi) is 2.31. The molecule has 3 heteroatoms. The Morgan fingerprint density at radius 3 is 2.42 bits per heavy atom. The molecule has 0 aliphatic rings. The molecule has 0 radical (unpaired) electrons. The lowest BCUT2D eigenvalue weighted by molar-refractivity contribution is 0.0836. The van der Waals surface area contributed by atoms with Crippen LogP contribution in [0.15, 0.2) is 6.20 Å². The van der Waals surface area contributed by atoms with Gasteiger partial charge in [0.1, 0.15) is 0 Å². The zero-order chi connectivity index (χ0) is 9.30. The molecule has 1 aromatic heterocycles. The van der Waals surface area contributed by atoms with Crippen molar-refractivity contribution in [3.8, 4) is 0 Å². The molecule has 3 nitrogen and oxygen atoms in total. The molecule has 0 fully saturated rings. The minimum Gasteiger partial charge on any atom is -0.272 e. The number of hydrogen-bond donors (Lipinski definition) is 0. The van der Waals surface area contributed by atoms with Gasteiger partial charge in [0.05, 0.1) is 6.20 Å². The van der Waals surface area contributed by atoms with E-state index in [4.69, 9.17) is 0 Å². The van der Waals surface area contributed by atoms with Crippen molar-refractivity contribution in [2.75, 3.05) is 0 Å². The van der Waals surface area contributed by atoms with Crippen LogP contribution >= 0.6 is 0 Å². The van der Waals surface area contributed by atoms with Crippen LogP contribution in [0.5, 0.6) is 0 Å². The topological polar surface area (TPSA) is 34.9 Å². The third kappa shape index (κ3) is 1.40. The fraction of sp³-hybridized carbons (Fsp3) is 0.556. The highest BCUT2D eigenvalue weighted by Gasteiger charge is 2.13. The maximum Gasteiger partial charge on any atom is 0.249 e. The van der Waals surface area contributed by atoms with Gasteiger partial charge in [-0.15, -0.1) is 0 Å². The van der Waals surface area contributed by atoms with E-state index in [1.807, 2.05) is 27.7 Å². The van der Waals surface area contributed by atoms with E-state index in [1.165, 1.54) is 4.68 Å². The van der Waals surface area contributed by atoms with Crippen molar-refractivity contribution in [2.45, 2.75) is 27.7 Å². The summed E-state index contributed by atoms with van der Waals surface area (Å²) >= 11 is 0. The lowest BCUT2D eigenvalue weighted by Gasteiger charge is -2.05. The summed E-state index contributed by atoms with van der Waals surface area (Å²) in [7, 11) is 0. The molecule has 0 saturated heterocycles. The fourth-order valence-corrected chi connectivity index (χ4v) is 0.958. The molecule has 12 heavy (non-hydrogen) atoms. The monoisotopic (exact) mass is 166 g/mol. The summed E-state index contributed by atoms with van der Waals surface area (Å²) in [5.74, 6) is 0.0589. The normalized spacial score (nSPS) is 10.8. The van der Waals surface area contributed by atoms with E-state index in [9.17, 15) is 4.79 Å². The standard InChI is InChI=1S/C9H14N2O/c1-6(2)9(12)11-8(4)7(3)5-10-11/h5-6H,1-4H3. The van der Waals surface area contributed by atoms with E-state index in [2.05, 4.69) is 5.10 Å². The summed E-state index contributed by atoms with van der Waals surface area (Å²) in [6, 6.07) is 0. The van der Waals surface area contributed by atoms with Crippen LogP contribution in [-0.2, 0) is 0 Å². The second kappa shape index (κ2) is 3.09. The minimum absolute atomic E-state index is 0.00278. The molecule has 1 heterocycles. The molecule has 0 bridgehead atoms. The van der Waals surface area contributed by atoms with Gasteiger partial charge in [-0.25, -0.2) is 4.68 Å². The highest BCUT2D eigenvalue weighted by atomic mass is 16.2. The molecular formula is C9H14N2O. The Hall–Kier alpha value is -1.12. The van der Waals surface area contributed by atoms with Crippen LogP contribution in [0, 0.1) is 19.8 Å². The number of rotatable bonds is 1. The number of aromatic nitrogens is 2. The molecule has 0 aromatic carbocycles. The number of carbonyl (C=O) groups excluding carboxylic acids is 1. The van der Waals surface area contributed by atoms with E-state index < -0.39 is 0 Å². The summed E-state index contributed by atoms with van der Waals surface area (Å²) in [6.45, 7) is 7.60. The lowest BCUT2D eigenvalue weighted by atomic mass is 10.2. The Morgan fingerprint density at radius 2 is 2.08 bits per heavy atom. The van der Waals surface area contributed by atoms with E-state index in [0.29, 0.717) is 0 Å². The first-order valence-electron chi connectivity index (χ1n) is 4.09. The molecule has 1 rings (SSSR count). The van der Waals surface area contributed by atoms with Crippen molar-refractivity contribution in [3.63, 3.8) is 0 Å². The third-order valence-corrected chi connectivity index (χ3v) is 1.96. The zero-order valence-corrected chi connectivity index (χ0v) is 7.96. The van der Waals surface area contributed by atoms with Crippen LogP contribution in [0.4, 0.5) is 0 Å². The molecule has 0 N–H and O–H groups in total. The Morgan fingerprint density at radius 1 is 1.50 bits per heavy atom. The molecule has 66 valence electrons. The number of aryl methyl sites for hydroxylation is 1. The van der Waals surface area contributed by atoms with Gasteiger partial charge in [0.25, 0.3) is 0 Å². The van der Waals surface area contributed by atoms with E-state index in [0.717, 1.165) is 11.3 Å². The average Bonchev–Trinajstić information content (AvgIpc) is 2.32. The van der Waals surface area contributed by atoms with Gasteiger partial charge in [0.2, 0.25) is 5.91 Å². The summed E-state index contributed by atoms with van der Waals surface area (Å²) in [4.78, 5) is 11.5. The number of nitrogens with zero attached hydrogens (tertiary/aromatic N) is 2. The van der Waals surface area contributed by atoms with Crippen LogP contribution in [0.3, 0.4) is 0 Å². The molecule has 0 spiro atoms. The molecule has 0 amide bonds. The molecule has 1 aromatic rings. The van der Waals surface area contributed by atoms with Crippen LogP contribution in [0.1, 0.15) is 29.9 Å². The van der Waals surface area contributed by atoms with E-state index >= 15 is 0 Å². The fourth-order valence-electron chi connectivity index (χ4n) is 0.958. The smallest absolute Gasteiger partial charge is 0.249 e. The quantitative estimate of drug-likeness (QED) is 0.637. The Bertz CT molecular complexity index is 299. The summed E-state index contributed by atoms with van der Waals surface area (Å²) in [5, 5.41) is 4.00. The first kappa shape index (κ1) is 8.97. The maximum absolute atomic E-state index is 11.5. The molecule has 0 atom stereocenters. The summed E-state index contributed by atoms with van der Waals surface area (Å²) < 4.78 is 1.47. The first-order valence-corrected chi connectivity index (χ1v) is 4.09. The van der Waals surface area contributed by atoms with Crippen molar-refractivity contribution in [1.82, 2.24) is 9.78 Å². The van der Waals surface area contributed by atoms with Crippen LogP contribution in [0.2, 0.25) is 0 Å². The van der Waals surface area contributed by atoms with Crippen molar-refractivity contribution in [1.29, 1.82) is 0 Å². The Balaban J connectivity index is 3.04. The van der Waals surface area contributed by atoms with Crippen LogP contribution < -0.4 is 0 Å². The van der Waals surface area contributed by atoms with Gasteiger partial charge in [-0.05, 0) is 19.4 Å². The third-order valence-electron chi connectivity index (χ3n) is 1.96. The molecular weight excluding hydrogens is 152 g/mol. The molecule has 0 unspecified atom stereocenters. The van der Waals surface area contributed by atoms with Crippen molar-refractivity contribution in [2.24, 2.45) is 5.92 Å². The zero-order valence-electron chi connectivity index (χ0n) is 7.96. The summed E-state index contributed by atoms with van der Waals surface area (Å²) in [5.41, 5.74) is 2.00. The van der Waals surface area contributed by atoms with Crippen LogP contribution in [0.25, 0.3) is 0 Å². The molecule has 0 aliphatic carbocycles. The largest absolute Gasteiger partial charge is 0.272 e. The van der Waals surface area contributed by atoms with Gasteiger partial charge < -0.3 is 0 Å². The number of carbonyl (C=O) groups is 1. The van der Waals surface area contributed by atoms with Crippen LogP contribution in [-0.4, -0.2) is 15.7 Å². The van der Waals surface area contributed by atoms with Crippen molar-refractivity contribution in [3.05, 3.63) is 17.5 Å². The highest BCUT2D eigenvalue weighted by molar-refractivity contribution is 5.80. The summed E-state index contributed by atoms with van der Waals surface area (Å²) in [6.07, 6.45) is 1.72. The second-order valence-corrected chi connectivity index (χ2v) is 3.32. The predicted molar refractivity (Wildman–Crippen MR) is 47.2 cm³/mol. The van der Waals surface area contributed by atoms with Gasteiger partial charge in [-0.3, -0.25) is 4.79 Å². The Labute approximate surface area is 72.4 Å². The number of hydrogen-bond acceptors (Lipinski definition) is 2. The predicted octanol–water partition coefficient (Wildman–Crippen LogP) is 1.80. The van der Waals surface area contributed by atoms with E-state index in [1.54, 1.807) is 6.20 Å². The average molecular weight is 166 g/mol. The highest BCUT2D eigenvalue weighted by Crippen LogP contribution is 2.07. The van der Waals surface area contributed by atoms with Gasteiger partial charge >= 0.3 is 0 Å². The van der Waals surface area contributed by atoms with Crippen molar-refractivity contribution >= 4 is 5.91 Å². The van der Waals surface area contributed by atoms with Gasteiger partial charge in [0.15, 0.2) is 0 Å². The van der Waals surface area contributed by atoms with Gasteiger partial charge in [0, 0.05) is 11.6 Å². The molecule has 0 aliphatic heterocycles. The second-order valence-electron chi connectivity index (χ2n) is 3.32. The van der Waals surface area contributed by atoms with Crippen molar-refractivity contribution < 1.29 is 4.79 Å².